The van der Waals surface area contributed by atoms with Crippen molar-refractivity contribution in [1.29, 1.82) is 0 Å². The molecule has 0 aliphatic carbocycles. The summed E-state index contributed by atoms with van der Waals surface area (Å²) in [5, 5.41) is 0.966. The van der Waals surface area contributed by atoms with Gasteiger partial charge in [-0.3, -0.25) is 0 Å². The van der Waals surface area contributed by atoms with Crippen LogP contribution in [0.5, 0.6) is 0 Å². The molecule has 0 aromatic carbocycles. The molecule has 0 atom stereocenters. The molecule has 0 aliphatic heterocycles. The fourth-order valence-corrected chi connectivity index (χ4v) is 1.80. The molecule has 1 aromatic rings. The Kier molecular flexibility index (Phi) is 3.34. The second-order valence-corrected chi connectivity index (χ2v) is 4.07. The zero-order chi connectivity index (χ0) is 9.14. The molecule has 1 heterocycles. The lowest BCUT2D eigenvalue weighted by atomic mass is 10.6. The van der Waals surface area contributed by atoms with E-state index >= 15 is 0 Å². The lowest BCUT2D eigenvalue weighted by Crippen LogP contribution is -2.12. The molecule has 0 fully saturated rings. The minimum atomic E-state index is 0.738. The minimum absolute atomic E-state index is 0.738. The monoisotopic (exact) mass is 247 g/mol. The van der Waals surface area contributed by atoms with E-state index in [1.165, 1.54) is 0 Å². The molecule has 66 valence electrons. The fraction of sp³-hybridized carbons (Fsp3) is 0.429. The Labute approximate surface area is 84.7 Å². The van der Waals surface area contributed by atoms with E-state index in [1.807, 2.05) is 25.3 Å². The van der Waals surface area contributed by atoms with E-state index < -0.39 is 0 Å². The summed E-state index contributed by atoms with van der Waals surface area (Å²) in [4.78, 5) is 10.3. The molecule has 1 aromatic heterocycles. The van der Waals surface area contributed by atoms with Gasteiger partial charge >= 0.3 is 0 Å². The van der Waals surface area contributed by atoms with Crippen LogP contribution in [0.1, 0.15) is 0 Å². The molecule has 5 heteroatoms. The highest BCUT2D eigenvalue weighted by Crippen LogP contribution is 2.23. The maximum absolute atomic E-state index is 4.32. The van der Waals surface area contributed by atoms with Crippen molar-refractivity contribution >= 4 is 33.6 Å². The van der Waals surface area contributed by atoms with Gasteiger partial charge in [0.05, 0.1) is 4.47 Å². The van der Waals surface area contributed by atoms with Crippen LogP contribution in [0.3, 0.4) is 0 Å². The largest absolute Gasteiger partial charge is 0.347 e. The van der Waals surface area contributed by atoms with Gasteiger partial charge in [-0.2, -0.15) is 0 Å². The molecule has 0 bridgehead atoms. The Morgan fingerprint density at radius 2 is 2.17 bits per heavy atom. The van der Waals surface area contributed by atoms with Crippen LogP contribution in [-0.4, -0.2) is 30.3 Å². The summed E-state index contributed by atoms with van der Waals surface area (Å²) in [5.41, 5.74) is 0. The zero-order valence-electron chi connectivity index (χ0n) is 7.21. The summed E-state index contributed by atoms with van der Waals surface area (Å²) in [6, 6.07) is 0. The van der Waals surface area contributed by atoms with E-state index in [4.69, 9.17) is 0 Å². The summed E-state index contributed by atoms with van der Waals surface area (Å²) < 4.78 is 0.945. The second-order valence-electron chi connectivity index (χ2n) is 2.42. The first-order valence-electron chi connectivity index (χ1n) is 3.39. The summed E-state index contributed by atoms with van der Waals surface area (Å²) in [6.45, 7) is 0. The van der Waals surface area contributed by atoms with Crippen LogP contribution in [0.15, 0.2) is 15.7 Å². The second kappa shape index (κ2) is 4.09. The molecule has 12 heavy (non-hydrogen) atoms. The van der Waals surface area contributed by atoms with Crippen LogP contribution in [0.4, 0.5) is 5.95 Å². The van der Waals surface area contributed by atoms with Crippen LogP contribution in [0.25, 0.3) is 0 Å². The highest BCUT2D eigenvalue weighted by atomic mass is 79.9. The predicted molar refractivity (Wildman–Crippen MR) is 55.8 cm³/mol. The number of hydrogen-bond donors (Lipinski definition) is 0. The fourth-order valence-electron chi connectivity index (χ4n) is 0.701. The van der Waals surface area contributed by atoms with Crippen molar-refractivity contribution in [2.75, 3.05) is 25.3 Å². The Balaban J connectivity index is 3.05. The highest BCUT2D eigenvalue weighted by molar-refractivity contribution is 9.10. The van der Waals surface area contributed by atoms with Crippen molar-refractivity contribution in [2.24, 2.45) is 0 Å². The van der Waals surface area contributed by atoms with Crippen molar-refractivity contribution < 1.29 is 0 Å². The molecule has 3 nitrogen and oxygen atoms in total. The van der Waals surface area contributed by atoms with Crippen LogP contribution in [0.2, 0.25) is 0 Å². The third kappa shape index (κ3) is 2.10. The normalized spacial score (nSPS) is 10.0. The third-order valence-electron chi connectivity index (χ3n) is 1.29. The van der Waals surface area contributed by atoms with Gasteiger partial charge in [-0.15, -0.1) is 11.8 Å². The van der Waals surface area contributed by atoms with Gasteiger partial charge in [-0.05, 0) is 22.2 Å². The first-order chi connectivity index (χ1) is 5.65. The molecular weight excluding hydrogens is 238 g/mol. The predicted octanol–water partition coefficient (Wildman–Crippen LogP) is 2.03. The van der Waals surface area contributed by atoms with E-state index in [0.29, 0.717) is 0 Å². The van der Waals surface area contributed by atoms with Gasteiger partial charge in [-0.1, -0.05) is 0 Å². The maximum Gasteiger partial charge on any atom is 0.225 e. The molecule has 0 radical (unpaired) electrons. The first-order valence-corrected chi connectivity index (χ1v) is 5.40. The third-order valence-corrected chi connectivity index (χ3v) is 2.83. The average Bonchev–Trinajstić information content (AvgIpc) is 2.05. The maximum atomic E-state index is 4.32. The molecule has 0 saturated heterocycles. The molecular formula is C7H10BrN3S. The average molecular weight is 248 g/mol. The van der Waals surface area contributed by atoms with Gasteiger partial charge in [0, 0.05) is 20.3 Å². The van der Waals surface area contributed by atoms with E-state index in [9.17, 15) is 0 Å². The number of rotatable bonds is 2. The Bertz CT molecular complexity index is 277. The SMILES string of the molecule is CSc1nc(N(C)C)ncc1Br. The van der Waals surface area contributed by atoms with E-state index in [0.717, 1.165) is 15.4 Å². The number of thioether (sulfide) groups is 1. The smallest absolute Gasteiger partial charge is 0.225 e. The molecule has 0 amide bonds. The van der Waals surface area contributed by atoms with Crippen LogP contribution < -0.4 is 4.90 Å². The molecule has 0 unspecified atom stereocenters. The highest BCUT2D eigenvalue weighted by Gasteiger charge is 2.04. The van der Waals surface area contributed by atoms with Crippen molar-refractivity contribution in [2.45, 2.75) is 5.03 Å². The molecule has 1 rings (SSSR count). The minimum Gasteiger partial charge on any atom is -0.347 e. The Morgan fingerprint density at radius 3 is 2.67 bits per heavy atom. The van der Waals surface area contributed by atoms with E-state index in [-0.39, 0.29) is 0 Å². The Morgan fingerprint density at radius 1 is 1.50 bits per heavy atom. The van der Waals surface area contributed by atoms with Gasteiger partial charge in [0.25, 0.3) is 0 Å². The summed E-state index contributed by atoms with van der Waals surface area (Å²) in [7, 11) is 3.85. The molecule has 0 aliphatic rings. The number of nitrogens with zero attached hydrogens (tertiary/aromatic N) is 3. The van der Waals surface area contributed by atoms with Gasteiger partial charge in [0.1, 0.15) is 5.03 Å². The zero-order valence-corrected chi connectivity index (χ0v) is 9.61. The lowest BCUT2D eigenvalue weighted by molar-refractivity contribution is 0.940. The molecule has 0 N–H and O–H groups in total. The van der Waals surface area contributed by atoms with Gasteiger partial charge in [-0.25, -0.2) is 9.97 Å². The number of hydrogen-bond acceptors (Lipinski definition) is 4. The topological polar surface area (TPSA) is 29.0 Å². The van der Waals surface area contributed by atoms with Crippen molar-refractivity contribution in [1.82, 2.24) is 9.97 Å². The lowest BCUT2D eigenvalue weighted by Gasteiger charge is -2.10. The number of halogens is 1. The summed E-state index contributed by atoms with van der Waals surface area (Å²) >= 11 is 4.98. The number of anilines is 1. The number of aromatic nitrogens is 2. The van der Waals surface area contributed by atoms with E-state index in [1.54, 1.807) is 18.0 Å². The van der Waals surface area contributed by atoms with Gasteiger partial charge in [0.15, 0.2) is 0 Å². The van der Waals surface area contributed by atoms with Crippen molar-refractivity contribution in [3.8, 4) is 0 Å². The Hall–Kier alpha value is -0.290. The summed E-state index contributed by atoms with van der Waals surface area (Å²) in [6.07, 6.45) is 3.76. The molecule has 0 saturated carbocycles. The molecule has 0 spiro atoms. The van der Waals surface area contributed by atoms with Crippen LogP contribution in [-0.2, 0) is 0 Å². The van der Waals surface area contributed by atoms with Crippen molar-refractivity contribution in [3.05, 3.63) is 10.7 Å². The van der Waals surface area contributed by atoms with Crippen molar-refractivity contribution in [3.63, 3.8) is 0 Å². The van der Waals surface area contributed by atoms with Crippen LogP contribution in [0, 0.1) is 0 Å². The quantitative estimate of drug-likeness (QED) is 0.591. The van der Waals surface area contributed by atoms with Crippen LogP contribution >= 0.6 is 27.7 Å². The standard InChI is InChI=1S/C7H10BrN3S/c1-11(2)7-9-4-5(8)6(10-7)12-3/h4H,1-3H3. The van der Waals surface area contributed by atoms with Gasteiger partial charge < -0.3 is 4.90 Å². The van der Waals surface area contributed by atoms with E-state index in [2.05, 4.69) is 25.9 Å². The first kappa shape index (κ1) is 9.80. The van der Waals surface area contributed by atoms with Gasteiger partial charge in [0.2, 0.25) is 5.95 Å². The summed E-state index contributed by atoms with van der Waals surface area (Å²) in [5.74, 6) is 0.738.